The summed E-state index contributed by atoms with van der Waals surface area (Å²) in [6.07, 6.45) is 1.30. The summed E-state index contributed by atoms with van der Waals surface area (Å²) in [4.78, 5) is 30.8. The van der Waals surface area contributed by atoms with Gasteiger partial charge in [-0.05, 0) is 31.5 Å². The Bertz CT molecular complexity index is 746. The molecule has 0 saturated carbocycles. The van der Waals surface area contributed by atoms with Gasteiger partial charge in [-0.3, -0.25) is 9.59 Å². The molecule has 0 aliphatic carbocycles. The van der Waals surface area contributed by atoms with Crippen molar-refractivity contribution in [1.82, 2.24) is 9.97 Å². The fourth-order valence-corrected chi connectivity index (χ4v) is 1.85. The van der Waals surface area contributed by atoms with Crippen LogP contribution in [0.25, 0.3) is 0 Å². The van der Waals surface area contributed by atoms with E-state index in [0.717, 1.165) is 11.3 Å². The van der Waals surface area contributed by atoms with Crippen LogP contribution in [-0.2, 0) is 4.79 Å². The van der Waals surface area contributed by atoms with Crippen LogP contribution in [-0.4, -0.2) is 27.8 Å². The van der Waals surface area contributed by atoms with Crippen molar-refractivity contribution in [2.75, 3.05) is 10.6 Å². The molecule has 8 heteroatoms. The SMILES string of the molecule is Cc1cccc(Nc2nc(N[C@H](C)C(N)=O)ncc2C(N)=O)c1. The van der Waals surface area contributed by atoms with Gasteiger partial charge in [0, 0.05) is 11.9 Å². The molecule has 1 aromatic carbocycles. The third-order valence-corrected chi connectivity index (χ3v) is 3.11. The van der Waals surface area contributed by atoms with E-state index in [-0.39, 0.29) is 17.3 Å². The number of anilines is 3. The van der Waals surface area contributed by atoms with Crippen LogP contribution in [0.4, 0.5) is 17.5 Å². The largest absolute Gasteiger partial charge is 0.368 e. The molecule has 120 valence electrons. The Labute approximate surface area is 133 Å². The van der Waals surface area contributed by atoms with E-state index in [4.69, 9.17) is 11.5 Å². The quantitative estimate of drug-likeness (QED) is 0.625. The number of aryl methyl sites for hydroxylation is 1. The van der Waals surface area contributed by atoms with Gasteiger partial charge in [-0.1, -0.05) is 12.1 Å². The first-order valence-electron chi connectivity index (χ1n) is 6.93. The van der Waals surface area contributed by atoms with Gasteiger partial charge in [-0.2, -0.15) is 4.98 Å². The lowest BCUT2D eigenvalue weighted by Crippen LogP contribution is -2.33. The van der Waals surface area contributed by atoms with Crippen LogP contribution in [0.2, 0.25) is 0 Å². The molecule has 2 rings (SSSR count). The number of nitrogens with zero attached hydrogens (tertiary/aromatic N) is 2. The number of nitrogens with two attached hydrogens (primary N) is 2. The van der Waals surface area contributed by atoms with Crippen molar-refractivity contribution < 1.29 is 9.59 Å². The van der Waals surface area contributed by atoms with Crippen molar-refractivity contribution >= 4 is 29.3 Å². The molecule has 0 aliphatic rings. The Kier molecular flexibility index (Phi) is 4.75. The third-order valence-electron chi connectivity index (χ3n) is 3.11. The summed E-state index contributed by atoms with van der Waals surface area (Å²) in [6, 6.07) is 6.89. The molecule has 2 aromatic rings. The van der Waals surface area contributed by atoms with Crippen molar-refractivity contribution in [3.63, 3.8) is 0 Å². The lowest BCUT2D eigenvalue weighted by Gasteiger charge is -2.13. The number of carbonyl (C=O) groups is 2. The van der Waals surface area contributed by atoms with Crippen LogP contribution in [0.15, 0.2) is 30.5 Å². The molecular weight excluding hydrogens is 296 g/mol. The first-order chi connectivity index (χ1) is 10.9. The van der Waals surface area contributed by atoms with Crippen LogP contribution >= 0.6 is 0 Å². The highest BCUT2D eigenvalue weighted by Gasteiger charge is 2.15. The van der Waals surface area contributed by atoms with Crippen molar-refractivity contribution in [2.45, 2.75) is 19.9 Å². The van der Waals surface area contributed by atoms with Crippen molar-refractivity contribution in [2.24, 2.45) is 11.5 Å². The third kappa shape index (κ3) is 4.16. The van der Waals surface area contributed by atoms with Gasteiger partial charge in [0.25, 0.3) is 5.91 Å². The normalized spacial score (nSPS) is 11.6. The van der Waals surface area contributed by atoms with Gasteiger partial charge in [0.05, 0.1) is 0 Å². The van der Waals surface area contributed by atoms with Gasteiger partial charge in [-0.15, -0.1) is 0 Å². The second-order valence-electron chi connectivity index (χ2n) is 5.08. The van der Waals surface area contributed by atoms with Gasteiger partial charge in [0.1, 0.15) is 17.4 Å². The monoisotopic (exact) mass is 314 g/mol. The number of aromatic nitrogens is 2. The van der Waals surface area contributed by atoms with E-state index >= 15 is 0 Å². The van der Waals surface area contributed by atoms with E-state index in [9.17, 15) is 9.59 Å². The highest BCUT2D eigenvalue weighted by atomic mass is 16.1. The van der Waals surface area contributed by atoms with E-state index < -0.39 is 17.9 Å². The van der Waals surface area contributed by atoms with Gasteiger partial charge >= 0.3 is 0 Å². The van der Waals surface area contributed by atoms with Crippen LogP contribution in [0.1, 0.15) is 22.8 Å². The second-order valence-corrected chi connectivity index (χ2v) is 5.08. The molecule has 6 N–H and O–H groups in total. The molecule has 0 unspecified atom stereocenters. The smallest absolute Gasteiger partial charge is 0.254 e. The number of benzene rings is 1. The Morgan fingerprint density at radius 1 is 1.26 bits per heavy atom. The summed E-state index contributed by atoms with van der Waals surface area (Å²) in [6.45, 7) is 3.53. The minimum atomic E-state index is -0.658. The lowest BCUT2D eigenvalue weighted by molar-refractivity contribution is -0.118. The van der Waals surface area contributed by atoms with Crippen molar-refractivity contribution in [3.05, 3.63) is 41.6 Å². The number of hydrogen-bond acceptors (Lipinski definition) is 6. The number of primary amides is 2. The Hall–Kier alpha value is -3.16. The zero-order valence-corrected chi connectivity index (χ0v) is 12.8. The summed E-state index contributed by atoms with van der Waals surface area (Å²) < 4.78 is 0. The number of rotatable bonds is 6. The van der Waals surface area contributed by atoms with Gasteiger partial charge in [0.15, 0.2) is 0 Å². The molecule has 23 heavy (non-hydrogen) atoms. The highest BCUT2D eigenvalue weighted by molar-refractivity contribution is 5.98. The zero-order valence-electron chi connectivity index (χ0n) is 12.8. The molecule has 1 heterocycles. The van der Waals surface area contributed by atoms with E-state index in [1.807, 2.05) is 31.2 Å². The van der Waals surface area contributed by atoms with Gasteiger partial charge in [0.2, 0.25) is 11.9 Å². The fourth-order valence-electron chi connectivity index (χ4n) is 1.85. The summed E-state index contributed by atoms with van der Waals surface area (Å²) in [7, 11) is 0. The lowest BCUT2D eigenvalue weighted by atomic mass is 10.2. The number of hydrogen-bond donors (Lipinski definition) is 4. The predicted molar refractivity (Wildman–Crippen MR) is 87.3 cm³/mol. The van der Waals surface area contributed by atoms with Crippen molar-refractivity contribution in [1.29, 1.82) is 0 Å². The van der Waals surface area contributed by atoms with Crippen LogP contribution in [0.3, 0.4) is 0 Å². The van der Waals surface area contributed by atoms with E-state index in [0.29, 0.717) is 0 Å². The molecule has 0 bridgehead atoms. The fraction of sp³-hybridized carbons (Fsp3) is 0.200. The van der Waals surface area contributed by atoms with Crippen LogP contribution < -0.4 is 22.1 Å². The minimum absolute atomic E-state index is 0.142. The Balaban J connectivity index is 2.34. The van der Waals surface area contributed by atoms with Crippen molar-refractivity contribution in [3.8, 4) is 0 Å². The number of amides is 2. The average Bonchev–Trinajstić information content (AvgIpc) is 2.47. The van der Waals surface area contributed by atoms with Crippen LogP contribution in [0.5, 0.6) is 0 Å². The molecule has 2 amide bonds. The maximum atomic E-state index is 11.5. The minimum Gasteiger partial charge on any atom is -0.368 e. The highest BCUT2D eigenvalue weighted by Crippen LogP contribution is 2.20. The van der Waals surface area contributed by atoms with Gasteiger partial charge in [-0.25, -0.2) is 4.98 Å². The molecule has 0 spiro atoms. The molecule has 1 aromatic heterocycles. The summed E-state index contributed by atoms with van der Waals surface area (Å²) in [5, 5.41) is 5.79. The summed E-state index contributed by atoms with van der Waals surface area (Å²) >= 11 is 0. The van der Waals surface area contributed by atoms with E-state index in [2.05, 4.69) is 20.6 Å². The van der Waals surface area contributed by atoms with E-state index in [1.165, 1.54) is 6.20 Å². The topological polar surface area (TPSA) is 136 Å². The molecule has 0 radical (unpaired) electrons. The molecular formula is C15H18N6O2. The number of nitrogens with one attached hydrogen (secondary N) is 2. The Morgan fingerprint density at radius 2 is 2.00 bits per heavy atom. The summed E-state index contributed by atoms with van der Waals surface area (Å²) in [5.41, 5.74) is 12.5. The zero-order chi connectivity index (χ0) is 17.0. The molecule has 1 atom stereocenters. The second kappa shape index (κ2) is 6.73. The molecule has 8 nitrogen and oxygen atoms in total. The first-order valence-corrected chi connectivity index (χ1v) is 6.93. The molecule has 0 aliphatic heterocycles. The first kappa shape index (κ1) is 16.2. The van der Waals surface area contributed by atoms with E-state index in [1.54, 1.807) is 6.92 Å². The molecule has 0 fully saturated rings. The van der Waals surface area contributed by atoms with Crippen LogP contribution in [0, 0.1) is 6.92 Å². The number of carbonyl (C=O) groups excluding carboxylic acids is 2. The predicted octanol–water partition coefficient (Wildman–Crippen LogP) is 0.913. The summed E-state index contributed by atoms with van der Waals surface area (Å²) in [5.74, 6) is -0.788. The maximum Gasteiger partial charge on any atom is 0.254 e. The average molecular weight is 314 g/mol. The van der Waals surface area contributed by atoms with Gasteiger partial charge < -0.3 is 22.1 Å². The Morgan fingerprint density at radius 3 is 2.61 bits per heavy atom. The standard InChI is InChI=1S/C15H18N6O2/c1-8-4-3-5-10(6-8)20-14-11(13(17)23)7-18-15(21-14)19-9(2)12(16)22/h3-7,9H,1-2H3,(H2,16,22)(H2,17,23)(H2,18,19,20,21)/t9-/m1/s1. The molecule has 0 saturated heterocycles. The maximum absolute atomic E-state index is 11.5.